The summed E-state index contributed by atoms with van der Waals surface area (Å²) in [6, 6.07) is 4.32. The molecule has 0 unspecified atom stereocenters. The minimum absolute atomic E-state index is 0.228. The first-order valence-corrected chi connectivity index (χ1v) is 7.67. The van der Waals surface area contributed by atoms with E-state index in [1.807, 2.05) is 4.90 Å². The number of aryl methyl sites for hydroxylation is 3. The van der Waals surface area contributed by atoms with Crippen LogP contribution in [0.25, 0.3) is 0 Å². The summed E-state index contributed by atoms with van der Waals surface area (Å²) >= 11 is 0. The zero-order valence-electron chi connectivity index (χ0n) is 13.0. The molecule has 1 fully saturated rings. The van der Waals surface area contributed by atoms with Crippen LogP contribution in [0.3, 0.4) is 0 Å². The Hall–Kier alpha value is -1.51. The Bertz CT molecular complexity index is 451. The van der Waals surface area contributed by atoms with Gasteiger partial charge in [0.15, 0.2) is 0 Å². The fourth-order valence-corrected chi connectivity index (χ4v) is 3.05. The minimum atomic E-state index is 0.228. The van der Waals surface area contributed by atoms with Crippen molar-refractivity contribution in [2.75, 3.05) is 25.0 Å². The van der Waals surface area contributed by atoms with E-state index in [2.05, 4.69) is 38.2 Å². The summed E-state index contributed by atoms with van der Waals surface area (Å²) in [6.45, 7) is 8.55. The van der Waals surface area contributed by atoms with Crippen LogP contribution in [-0.4, -0.2) is 30.4 Å². The lowest BCUT2D eigenvalue weighted by molar-refractivity contribution is -0.129. The minimum Gasteiger partial charge on any atom is -0.376 e. The van der Waals surface area contributed by atoms with Crippen molar-refractivity contribution in [2.45, 2.75) is 46.5 Å². The third kappa shape index (κ3) is 3.75. The first kappa shape index (κ1) is 14.9. The van der Waals surface area contributed by atoms with Crippen molar-refractivity contribution < 1.29 is 4.79 Å². The molecule has 0 spiro atoms. The van der Waals surface area contributed by atoms with Crippen molar-refractivity contribution in [3.8, 4) is 0 Å². The van der Waals surface area contributed by atoms with Gasteiger partial charge in [0.25, 0.3) is 0 Å². The van der Waals surface area contributed by atoms with Crippen molar-refractivity contribution in [3.63, 3.8) is 0 Å². The van der Waals surface area contributed by atoms with E-state index >= 15 is 0 Å². The number of carbonyl (C=O) groups excluding carboxylic acids is 1. The molecular weight excluding hydrogens is 248 g/mol. The van der Waals surface area contributed by atoms with Gasteiger partial charge in [-0.15, -0.1) is 0 Å². The third-order valence-electron chi connectivity index (χ3n) is 4.05. The van der Waals surface area contributed by atoms with Gasteiger partial charge >= 0.3 is 0 Å². The summed E-state index contributed by atoms with van der Waals surface area (Å²) < 4.78 is 0. The molecule has 3 nitrogen and oxygen atoms in total. The number of rotatable bonds is 3. The molecule has 20 heavy (non-hydrogen) atoms. The number of nitrogens with one attached hydrogen (secondary N) is 1. The number of carbonyl (C=O) groups is 1. The van der Waals surface area contributed by atoms with E-state index in [-0.39, 0.29) is 5.91 Å². The summed E-state index contributed by atoms with van der Waals surface area (Å²) in [5.74, 6) is 0.228. The Balaban J connectivity index is 1.96. The number of anilines is 1. The standard InChI is InChI=1S/C17H26N2O/c1-13-10-14(2)17(15(3)11-13)18-12-16(20)19-8-6-4-5-7-9-19/h10-11,18H,4-9,12H2,1-3H3. The molecule has 1 aromatic carbocycles. The Labute approximate surface area is 122 Å². The quantitative estimate of drug-likeness (QED) is 0.916. The largest absolute Gasteiger partial charge is 0.376 e. The molecule has 1 saturated heterocycles. The van der Waals surface area contributed by atoms with Gasteiger partial charge in [0, 0.05) is 18.8 Å². The summed E-state index contributed by atoms with van der Waals surface area (Å²) in [7, 11) is 0. The van der Waals surface area contributed by atoms with Gasteiger partial charge in [0.1, 0.15) is 0 Å². The molecular formula is C17H26N2O. The highest BCUT2D eigenvalue weighted by molar-refractivity contribution is 5.81. The van der Waals surface area contributed by atoms with Gasteiger partial charge < -0.3 is 10.2 Å². The molecule has 0 atom stereocenters. The Morgan fingerprint density at radius 2 is 1.60 bits per heavy atom. The summed E-state index contributed by atoms with van der Waals surface area (Å²) in [6.07, 6.45) is 4.81. The van der Waals surface area contributed by atoms with Crippen LogP contribution in [0.4, 0.5) is 5.69 Å². The zero-order valence-corrected chi connectivity index (χ0v) is 13.0. The molecule has 1 N–H and O–H groups in total. The molecule has 0 saturated carbocycles. The van der Waals surface area contributed by atoms with Crippen LogP contribution in [0.2, 0.25) is 0 Å². The number of nitrogens with zero attached hydrogens (tertiary/aromatic N) is 1. The van der Waals surface area contributed by atoms with Crippen LogP contribution < -0.4 is 5.32 Å². The Kier molecular flexibility index (Phi) is 5.05. The topological polar surface area (TPSA) is 32.3 Å². The lowest BCUT2D eigenvalue weighted by Gasteiger charge is -2.21. The highest BCUT2D eigenvalue weighted by Crippen LogP contribution is 2.21. The number of likely N-dealkylation sites (tertiary alicyclic amines) is 1. The molecule has 2 rings (SSSR count). The van der Waals surface area contributed by atoms with E-state index in [1.165, 1.54) is 29.5 Å². The maximum Gasteiger partial charge on any atom is 0.241 e. The van der Waals surface area contributed by atoms with Gasteiger partial charge in [0.2, 0.25) is 5.91 Å². The molecule has 0 bridgehead atoms. The second kappa shape index (κ2) is 6.78. The first-order valence-electron chi connectivity index (χ1n) is 7.67. The maximum atomic E-state index is 12.3. The van der Waals surface area contributed by atoms with Gasteiger partial charge in [-0.1, -0.05) is 30.5 Å². The number of hydrogen-bond acceptors (Lipinski definition) is 2. The van der Waals surface area contributed by atoms with E-state index in [0.29, 0.717) is 6.54 Å². The van der Waals surface area contributed by atoms with Crippen molar-refractivity contribution in [1.29, 1.82) is 0 Å². The van der Waals surface area contributed by atoms with Gasteiger partial charge in [-0.25, -0.2) is 0 Å². The monoisotopic (exact) mass is 274 g/mol. The molecule has 1 aromatic rings. The molecule has 0 aliphatic carbocycles. The molecule has 1 amide bonds. The van der Waals surface area contributed by atoms with Crippen LogP contribution in [0.15, 0.2) is 12.1 Å². The number of benzene rings is 1. The predicted octanol–water partition coefficient (Wildman–Crippen LogP) is 3.43. The Morgan fingerprint density at radius 3 is 2.15 bits per heavy atom. The van der Waals surface area contributed by atoms with Gasteiger partial charge in [0.05, 0.1) is 6.54 Å². The average molecular weight is 274 g/mol. The fourth-order valence-electron chi connectivity index (χ4n) is 3.05. The van der Waals surface area contributed by atoms with Crippen LogP contribution >= 0.6 is 0 Å². The van der Waals surface area contributed by atoms with E-state index in [4.69, 9.17) is 0 Å². The second-order valence-electron chi connectivity index (χ2n) is 5.92. The maximum absolute atomic E-state index is 12.3. The summed E-state index contributed by atoms with van der Waals surface area (Å²) in [5.41, 5.74) is 4.81. The molecule has 110 valence electrons. The van der Waals surface area contributed by atoms with Crippen LogP contribution in [0, 0.1) is 20.8 Å². The third-order valence-corrected chi connectivity index (χ3v) is 4.05. The summed E-state index contributed by atoms with van der Waals surface area (Å²) in [4.78, 5) is 14.3. The molecule has 1 heterocycles. The first-order chi connectivity index (χ1) is 9.58. The molecule has 1 aliphatic rings. The van der Waals surface area contributed by atoms with Crippen molar-refractivity contribution in [3.05, 3.63) is 28.8 Å². The SMILES string of the molecule is Cc1cc(C)c(NCC(=O)N2CCCCCC2)c(C)c1. The van der Waals surface area contributed by atoms with Gasteiger partial charge in [-0.05, 0) is 44.7 Å². The van der Waals surface area contributed by atoms with Gasteiger partial charge in [-0.2, -0.15) is 0 Å². The van der Waals surface area contributed by atoms with E-state index in [9.17, 15) is 4.79 Å². The molecule has 0 radical (unpaired) electrons. The lowest BCUT2D eigenvalue weighted by atomic mass is 10.1. The predicted molar refractivity (Wildman–Crippen MR) is 84.2 cm³/mol. The number of hydrogen-bond donors (Lipinski definition) is 1. The van der Waals surface area contributed by atoms with E-state index in [1.54, 1.807) is 0 Å². The smallest absolute Gasteiger partial charge is 0.241 e. The van der Waals surface area contributed by atoms with E-state index < -0.39 is 0 Å². The normalized spacial score (nSPS) is 15.8. The summed E-state index contributed by atoms with van der Waals surface area (Å²) in [5, 5.41) is 3.33. The highest BCUT2D eigenvalue weighted by atomic mass is 16.2. The van der Waals surface area contributed by atoms with Gasteiger partial charge in [-0.3, -0.25) is 4.79 Å². The highest BCUT2D eigenvalue weighted by Gasteiger charge is 2.15. The molecule has 1 aliphatic heterocycles. The Morgan fingerprint density at radius 1 is 1.05 bits per heavy atom. The fraction of sp³-hybridized carbons (Fsp3) is 0.588. The van der Waals surface area contributed by atoms with Crippen LogP contribution in [0.5, 0.6) is 0 Å². The van der Waals surface area contributed by atoms with Crippen molar-refractivity contribution >= 4 is 11.6 Å². The zero-order chi connectivity index (χ0) is 14.5. The van der Waals surface area contributed by atoms with Crippen LogP contribution in [0.1, 0.15) is 42.4 Å². The van der Waals surface area contributed by atoms with Crippen LogP contribution in [-0.2, 0) is 4.79 Å². The second-order valence-corrected chi connectivity index (χ2v) is 5.92. The molecule has 0 aromatic heterocycles. The number of amides is 1. The average Bonchev–Trinajstić information content (AvgIpc) is 2.66. The van der Waals surface area contributed by atoms with Crippen molar-refractivity contribution in [1.82, 2.24) is 4.90 Å². The van der Waals surface area contributed by atoms with Crippen molar-refractivity contribution in [2.24, 2.45) is 0 Å². The molecule has 3 heteroatoms. The van der Waals surface area contributed by atoms with E-state index in [0.717, 1.165) is 31.6 Å². The lowest BCUT2D eigenvalue weighted by Crippen LogP contribution is -2.36.